The molecule has 4 rings (SSSR count). The van der Waals surface area contributed by atoms with Gasteiger partial charge in [0.15, 0.2) is 5.69 Å². The third-order valence-electron chi connectivity index (χ3n) is 5.50. The van der Waals surface area contributed by atoms with Crippen LogP contribution in [0.4, 0.5) is 0 Å². The molecular formula is C19H25N5O. The minimum Gasteiger partial charge on any atom is -0.334 e. The van der Waals surface area contributed by atoms with Crippen LogP contribution in [0, 0.1) is 13.8 Å². The summed E-state index contributed by atoms with van der Waals surface area (Å²) in [4.78, 5) is 17.5. The highest BCUT2D eigenvalue weighted by molar-refractivity contribution is 5.93. The van der Waals surface area contributed by atoms with Gasteiger partial charge in [-0.25, -0.2) is 4.68 Å². The highest BCUT2D eigenvalue weighted by Gasteiger charge is 2.33. The van der Waals surface area contributed by atoms with Crippen LogP contribution >= 0.6 is 0 Å². The van der Waals surface area contributed by atoms with Gasteiger partial charge in [-0.15, -0.1) is 5.10 Å². The van der Waals surface area contributed by atoms with Crippen LogP contribution in [0.2, 0.25) is 0 Å². The number of carbonyl (C=O) groups excluding carboxylic acids is 1. The number of aromatic nitrogens is 3. The second-order valence-corrected chi connectivity index (χ2v) is 7.21. The van der Waals surface area contributed by atoms with Crippen molar-refractivity contribution in [1.29, 1.82) is 0 Å². The first-order chi connectivity index (χ1) is 12.1. The second kappa shape index (κ2) is 6.59. The lowest BCUT2D eigenvalue weighted by molar-refractivity contribution is 0.0367. The van der Waals surface area contributed by atoms with E-state index in [1.807, 2.05) is 36.1 Å². The van der Waals surface area contributed by atoms with E-state index in [-0.39, 0.29) is 5.91 Å². The fourth-order valence-electron chi connectivity index (χ4n) is 3.95. The predicted octanol–water partition coefficient (Wildman–Crippen LogP) is 2.19. The number of piperidine rings is 1. The summed E-state index contributed by atoms with van der Waals surface area (Å²) in [5, 5.41) is 8.42. The monoisotopic (exact) mass is 339 g/mol. The van der Waals surface area contributed by atoms with Crippen LogP contribution in [0.5, 0.6) is 0 Å². The number of benzene rings is 1. The molecule has 0 bridgehead atoms. The summed E-state index contributed by atoms with van der Waals surface area (Å²) in [6, 6.07) is 8.61. The number of carbonyl (C=O) groups is 1. The number of rotatable bonds is 2. The Balaban J connectivity index is 1.54. The van der Waals surface area contributed by atoms with Gasteiger partial charge in [-0.05, 0) is 45.4 Å². The van der Waals surface area contributed by atoms with Crippen LogP contribution in [0.3, 0.4) is 0 Å². The topological polar surface area (TPSA) is 54.3 Å². The highest BCUT2D eigenvalue weighted by Crippen LogP contribution is 2.22. The molecular weight excluding hydrogens is 314 g/mol. The quantitative estimate of drug-likeness (QED) is 0.842. The van der Waals surface area contributed by atoms with Crippen molar-refractivity contribution >= 4 is 5.91 Å². The molecule has 2 aromatic rings. The Morgan fingerprint density at radius 3 is 2.68 bits per heavy atom. The second-order valence-electron chi connectivity index (χ2n) is 7.21. The molecule has 0 spiro atoms. The molecule has 1 aromatic carbocycles. The van der Waals surface area contributed by atoms with Crippen molar-refractivity contribution < 1.29 is 4.79 Å². The van der Waals surface area contributed by atoms with Gasteiger partial charge in [0.2, 0.25) is 0 Å². The highest BCUT2D eigenvalue weighted by atomic mass is 16.2. The van der Waals surface area contributed by atoms with Crippen LogP contribution in [-0.4, -0.2) is 62.9 Å². The maximum Gasteiger partial charge on any atom is 0.276 e. The molecule has 2 aliphatic heterocycles. The lowest BCUT2D eigenvalue weighted by atomic mass is 9.99. The zero-order valence-corrected chi connectivity index (χ0v) is 15.0. The maximum atomic E-state index is 13.0. The van der Waals surface area contributed by atoms with Crippen LogP contribution in [-0.2, 0) is 0 Å². The number of hydrogen-bond acceptors (Lipinski definition) is 4. The average Bonchev–Trinajstić information content (AvgIpc) is 3.03. The largest absolute Gasteiger partial charge is 0.334 e. The molecule has 2 saturated heterocycles. The Kier molecular flexibility index (Phi) is 4.29. The number of fused-ring (bicyclic) bond motifs is 1. The molecule has 0 radical (unpaired) electrons. The first-order valence-corrected chi connectivity index (χ1v) is 9.16. The Bertz CT molecular complexity index is 767. The first-order valence-electron chi connectivity index (χ1n) is 9.16. The number of hydrogen-bond donors (Lipinski definition) is 0. The molecule has 1 unspecified atom stereocenters. The van der Waals surface area contributed by atoms with Crippen molar-refractivity contribution in [3.63, 3.8) is 0 Å². The molecule has 1 atom stereocenters. The lowest BCUT2D eigenvalue weighted by Crippen LogP contribution is -2.56. The normalized spacial score (nSPS) is 21.2. The third kappa shape index (κ3) is 3.06. The lowest BCUT2D eigenvalue weighted by Gasteiger charge is -2.43. The van der Waals surface area contributed by atoms with E-state index < -0.39 is 0 Å². The molecule has 1 amide bonds. The van der Waals surface area contributed by atoms with Crippen molar-refractivity contribution in [2.24, 2.45) is 0 Å². The molecule has 1 aromatic heterocycles. The van der Waals surface area contributed by atoms with Crippen LogP contribution < -0.4 is 0 Å². The zero-order chi connectivity index (χ0) is 17.4. The maximum absolute atomic E-state index is 13.0. The smallest absolute Gasteiger partial charge is 0.276 e. The van der Waals surface area contributed by atoms with E-state index in [9.17, 15) is 4.79 Å². The van der Waals surface area contributed by atoms with Crippen molar-refractivity contribution in [2.45, 2.75) is 39.2 Å². The van der Waals surface area contributed by atoms with E-state index in [4.69, 9.17) is 0 Å². The summed E-state index contributed by atoms with van der Waals surface area (Å²) < 4.78 is 1.75. The van der Waals surface area contributed by atoms with E-state index in [1.54, 1.807) is 4.68 Å². The molecule has 25 heavy (non-hydrogen) atoms. The molecule has 2 fully saturated rings. The number of piperazine rings is 1. The molecule has 0 aliphatic carbocycles. The van der Waals surface area contributed by atoms with E-state index in [0.29, 0.717) is 11.7 Å². The van der Waals surface area contributed by atoms with E-state index in [1.165, 1.54) is 31.4 Å². The van der Waals surface area contributed by atoms with Crippen LogP contribution in [0.15, 0.2) is 24.3 Å². The number of aryl methyl sites for hydroxylation is 1. The predicted molar refractivity (Wildman–Crippen MR) is 95.9 cm³/mol. The SMILES string of the molecule is Cc1ccc(-n2nnc(C(=O)N3CCN4CCCCC4C3)c2C)cc1. The van der Waals surface area contributed by atoms with E-state index in [0.717, 1.165) is 31.0 Å². The summed E-state index contributed by atoms with van der Waals surface area (Å²) in [5.74, 6) is 0.0149. The van der Waals surface area contributed by atoms with Gasteiger partial charge in [-0.3, -0.25) is 9.69 Å². The molecule has 6 nitrogen and oxygen atoms in total. The fraction of sp³-hybridized carbons (Fsp3) is 0.526. The first kappa shape index (κ1) is 16.3. The van der Waals surface area contributed by atoms with Crippen molar-refractivity contribution in [2.75, 3.05) is 26.2 Å². The summed E-state index contributed by atoms with van der Waals surface area (Å²) >= 11 is 0. The van der Waals surface area contributed by atoms with E-state index >= 15 is 0 Å². The van der Waals surface area contributed by atoms with Gasteiger partial charge in [-0.2, -0.15) is 0 Å². The minimum atomic E-state index is 0.0149. The Morgan fingerprint density at radius 1 is 1.08 bits per heavy atom. The molecule has 3 heterocycles. The van der Waals surface area contributed by atoms with Gasteiger partial charge < -0.3 is 4.90 Å². The van der Waals surface area contributed by atoms with Gasteiger partial charge in [-0.1, -0.05) is 29.3 Å². The van der Waals surface area contributed by atoms with Crippen molar-refractivity contribution in [3.8, 4) is 5.69 Å². The summed E-state index contributed by atoms with van der Waals surface area (Å²) in [7, 11) is 0. The minimum absolute atomic E-state index is 0.0149. The zero-order valence-electron chi connectivity index (χ0n) is 15.0. The standard InChI is InChI=1S/C19H25N5O/c1-14-6-8-16(9-7-14)24-15(2)18(20-21-24)19(25)23-12-11-22-10-4-3-5-17(22)13-23/h6-9,17H,3-5,10-13H2,1-2H3. The summed E-state index contributed by atoms with van der Waals surface area (Å²) in [6.07, 6.45) is 3.75. The fourth-order valence-corrected chi connectivity index (χ4v) is 3.95. The van der Waals surface area contributed by atoms with E-state index in [2.05, 4.69) is 22.1 Å². The Morgan fingerprint density at radius 2 is 1.88 bits per heavy atom. The molecule has 2 aliphatic rings. The van der Waals surface area contributed by atoms with Crippen LogP contribution in [0.25, 0.3) is 5.69 Å². The summed E-state index contributed by atoms with van der Waals surface area (Å²) in [5.41, 5.74) is 3.42. The Labute approximate surface area is 148 Å². The van der Waals surface area contributed by atoms with Gasteiger partial charge in [0.25, 0.3) is 5.91 Å². The average molecular weight is 339 g/mol. The van der Waals surface area contributed by atoms with Gasteiger partial charge >= 0.3 is 0 Å². The molecule has 0 saturated carbocycles. The van der Waals surface area contributed by atoms with Gasteiger partial charge in [0.05, 0.1) is 11.4 Å². The number of nitrogens with zero attached hydrogens (tertiary/aromatic N) is 5. The number of amides is 1. The molecule has 6 heteroatoms. The van der Waals surface area contributed by atoms with Crippen molar-refractivity contribution in [3.05, 3.63) is 41.2 Å². The molecule has 132 valence electrons. The van der Waals surface area contributed by atoms with Crippen molar-refractivity contribution in [1.82, 2.24) is 24.8 Å². The summed E-state index contributed by atoms with van der Waals surface area (Å²) in [6.45, 7) is 7.72. The Hall–Kier alpha value is -2.21. The van der Waals surface area contributed by atoms with Crippen LogP contribution in [0.1, 0.15) is 41.0 Å². The van der Waals surface area contributed by atoms with Gasteiger partial charge in [0, 0.05) is 25.7 Å². The molecule has 0 N–H and O–H groups in total. The van der Waals surface area contributed by atoms with Gasteiger partial charge in [0.1, 0.15) is 0 Å². The third-order valence-corrected chi connectivity index (χ3v) is 5.50.